The van der Waals surface area contributed by atoms with E-state index in [9.17, 15) is 18.0 Å². The lowest BCUT2D eigenvalue weighted by Gasteiger charge is -2.28. The van der Waals surface area contributed by atoms with Gasteiger partial charge in [-0.25, -0.2) is 9.97 Å². The van der Waals surface area contributed by atoms with E-state index >= 15 is 0 Å². The zero-order valence-electron chi connectivity index (χ0n) is 16.8. The van der Waals surface area contributed by atoms with Crippen LogP contribution >= 0.6 is 22.6 Å². The number of benzene rings is 1. The van der Waals surface area contributed by atoms with Gasteiger partial charge in [0.25, 0.3) is 5.91 Å². The predicted octanol–water partition coefficient (Wildman–Crippen LogP) is 4.52. The van der Waals surface area contributed by atoms with Gasteiger partial charge in [0.1, 0.15) is 22.4 Å². The van der Waals surface area contributed by atoms with E-state index in [-0.39, 0.29) is 11.1 Å². The smallest absolute Gasteiger partial charge is 0.344 e. The Labute approximate surface area is 188 Å². The van der Waals surface area contributed by atoms with Crippen LogP contribution in [0.2, 0.25) is 0 Å². The Morgan fingerprint density at radius 3 is 2.71 bits per heavy atom. The fourth-order valence-corrected chi connectivity index (χ4v) is 3.65. The highest BCUT2D eigenvalue weighted by Gasteiger charge is 2.48. The minimum absolute atomic E-state index is 0.0193. The van der Waals surface area contributed by atoms with Crippen LogP contribution in [-0.2, 0) is 11.5 Å². The third-order valence-electron chi connectivity index (χ3n) is 5.07. The lowest BCUT2D eigenvalue weighted by atomic mass is 10.0. The molecule has 0 aliphatic heterocycles. The van der Waals surface area contributed by atoms with Gasteiger partial charge in [0.15, 0.2) is 5.65 Å². The van der Waals surface area contributed by atoms with Crippen molar-refractivity contribution < 1.29 is 18.0 Å². The van der Waals surface area contributed by atoms with Crippen molar-refractivity contribution in [3.8, 4) is 11.4 Å². The van der Waals surface area contributed by atoms with Crippen LogP contribution in [0.1, 0.15) is 29.8 Å². The summed E-state index contributed by atoms with van der Waals surface area (Å²) in [5, 5.41) is 7.43. The van der Waals surface area contributed by atoms with Crippen molar-refractivity contribution in [1.29, 1.82) is 0 Å². The molecule has 0 spiro atoms. The number of rotatable bonds is 4. The van der Waals surface area contributed by atoms with Gasteiger partial charge in [-0.15, -0.1) is 0 Å². The second kappa shape index (κ2) is 7.46. The maximum absolute atomic E-state index is 13.2. The number of carbonyl (C=O) groups excluding carboxylic acids is 1. The lowest BCUT2D eigenvalue weighted by Crippen LogP contribution is -2.54. The van der Waals surface area contributed by atoms with Gasteiger partial charge >= 0.3 is 6.18 Å². The highest BCUT2D eigenvalue weighted by atomic mass is 127. The molecule has 1 aromatic carbocycles. The average molecular weight is 542 g/mol. The summed E-state index contributed by atoms with van der Waals surface area (Å²) in [7, 11) is 1.82. The number of halogens is 4. The van der Waals surface area contributed by atoms with Gasteiger partial charge in [-0.2, -0.15) is 18.3 Å². The molecule has 3 heterocycles. The first-order valence-electron chi connectivity index (χ1n) is 9.27. The molecule has 31 heavy (non-hydrogen) atoms. The second-order valence-corrected chi connectivity index (χ2v) is 8.45. The van der Waals surface area contributed by atoms with Crippen LogP contribution in [0.15, 0.2) is 30.6 Å². The Morgan fingerprint density at radius 1 is 1.29 bits per heavy atom. The summed E-state index contributed by atoms with van der Waals surface area (Å²) in [4.78, 5) is 24.2. The van der Waals surface area contributed by atoms with Crippen molar-refractivity contribution in [2.75, 3.05) is 0 Å². The molecule has 0 aliphatic rings. The monoisotopic (exact) mass is 542 g/mol. The molecule has 4 aromatic rings. The van der Waals surface area contributed by atoms with E-state index in [1.807, 2.05) is 30.6 Å². The standard InChI is InChI=1S/C20H18F3IN6O/c1-19(2,20(21,22)23)28-18(31)12-8-25-17-16(12)27-13(9-26-17)15-11-5-4-10(7-24)6-14(11)30(3)29-15/h4-6,8-9H,7H2,1-3H3,(H,25,26)(H,28,31). The Hall–Kier alpha value is -2.70. The van der Waals surface area contributed by atoms with E-state index < -0.39 is 17.6 Å². The molecule has 11 heteroatoms. The predicted molar refractivity (Wildman–Crippen MR) is 119 cm³/mol. The van der Waals surface area contributed by atoms with Gasteiger partial charge < -0.3 is 10.3 Å². The van der Waals surface area contributed by atoms with Crippen molar-refractivity contribution >= 4 is 50.6 Å². The van der Waals surface area contributed by atoms with E-state index in [2.05, 4.69) is 42.6 Å². The number of aromatic amines is 1. The highest BCUT2D eigenvalue weighted by Crippen LogP contribution is 2.31. The Kier molecular flexibility index (Phi) is 5.18. The van der Waals surface area contributed by atoms with E-state index in [0.29, 0.717) is 17.0 Å². The number of hydrogen-bond donors (Lipinski definition) is 2. The van der Waals surface area contributed by atoms with Crippen molar-refractivity contribution in [1.82, 2.24) is 30.0 Å². The number of amides is 1. The summed E-state index contributed by atoms with van der Waals surface area (Å²) in [6, 6.07) is 5.99. The quantitative estimate of drug-likeness (QED) is 0.294. The Bertz CT molecular complexity index is 1310. The number of nitrogens with one attached hydrogen (secondary N) is 2. The first-order chi connectivity index (χ1) is 14.5. The molecular formula is C20H18F3IN6O. The van der Waals surface area contributed by atoms with Crippen molar-refractivity contribution in [3.63, 3.8) is 0 Å². The molecule has 0 fully saturated rings. The lowest BCUT2D eigenvalue weighted by molar-refractivity contribution is -0.182. The van der Waals surface area contributed by atoms with Crippen LogP contribution in [-0.4, -0.2) is 42.4 Å². The summed E-state index contributed by atoms with van der Waals surface area (Å²) in [5.74, 6) is -0.891. The summed E-state index contributed by atoms with van der Waals surface area (Å²) < 4.78 is 42.1. The summed E-state index contributed by atoms with van der Waals surface area (Å²) in [6.07, 6.45) is -1.77. The molecule has 162 valence electrons. The second-order valence-electron chi connectivity index (χ2n) is 7.69. The minimum atomic E-state index is -4.60. The number of carbonyl (C=O) groups is 1. The van der Waals surface area contributed by atoms with Crippen LogP contribution in [0.3, 0.4) is 0 Å². The number of alkyl halides is 4. The number of aromatic nitrogens is 5. The van der Waals surface area contributed by atoms with Gasteiger partial charge in [-0.1, -0.05) is 34.7 Å². The Morgan fingerprint density at radius 2 is 2.03 bits per heavy atom. The van der Waals surface area contributed by atoms with Crippen molar-refractivity contribution in [2.24, 2.45) is 7.05 Å². The molecule has 3 aromatic heterocycles. The van der Waals surface area contributed by atoms with Gasteiger partial charge in [0.05, 0.1) is 17.3 Å². The highest BCUT2D eigenvalue weighted by molar-refractivity contribution is 14.1. The molecule has 0 atom stereocenters. The van der Waals surface area contributed by atoms with Crippen molar-refractivity contribution in [3.05, 3.63) is 41.7 Å². The molecule has 0 saturated carbocycles. The topological polar surface area (TPSA) is 88.5 Å². The van der Waals surface area contributed by atoms with E-state index in [1.54, 1.807) is 4.68 Å². The molecule has 0 aliphatic carbocycles. The summed E-state index contributed by atoms with van der Waals surface area (Å²) >= 11 is 2.28. The summed E-state index contributed by atoms with van der Waals surface area (Å²) in [6.45, 7) is 1.81. The van der Waals surface area contributed by atoms with Gasteiger partial charge in [0.2, 0.25) is 0 Å². The van der Waals surface area contributed by atoms with Gasteiger partial charge in [-0.05, 0) is 25.5 Å². The maximum Gasteiger partial charge on any atom is 0.410 e. The van der Waals surface area contributed by atoms with E-state index in [0.717, 1.165) is 34.7 Å². The molecule has 7 nitrogen and oxygen atoms in total. The first kappa shape index (κ1) is 21.5. The zero-order chi connectivity index (χ0) is 22.6. The maximum atomic E-state index is 13.2. The van der Waals surface area contributed by atoms with Crippen LogP contribution in [0.4, 0.5) is 13.2 Å². The molecule has 0 radical (unpaired) electrons. The number of hydrogen-bond acceptors (Lipinski definition) is 4. The molecule has 2 N–H and O–H groups in total. The van der Waals surface area contributed by atoms with Crippen LogP contribution in [0, 0.1) is 0 Å². The number of aryl methyl sites for hydroxylation is 1. The molecule has 1 amide bonds. The zero-order valence-corrected chi connectivity index (χ0v) is 19.0. The average Bonchev–Trinajstić information content (AvgIpc) is 3.27. The molecular weight excluding hydrogens is 524 g/mol. The fourth-order valence-electron chi connectivity index (χ4n) is 3.18. The largest absolute Gasteiger partial charge is 0.410 e. The van der Waals surface area contributed by atoms with Crippen molar-refractivity contribution in [2.45, 2.75) is 30.0 Å². The molecule has 0 saturated heterocycles. The van der Waals surface area contributed by atoms with E-state index in [1.165, 1.54) is 12.4 Å². The number of H-pyrrole nitrogens is 1. The number of fused-ring (bicyclic) bond motifs is 2. The Balaban J connectivity index is 1.78. The molecule has 4 rings (SSSR count). The van der Waals surface area contributed by atoms with Crippen LogP contribution < -0.4 is 5.32 Å². The van der Waals surface area contributed by atoms with E-state index in [4.69, 9.17) is 0 Å². The van der Waals surface area contributed by atoms with Gasteiger partial charge in [0, 0.05) is 23.1 Å². The third kappa shape index (κ3) is 3.75. The number of nitrogens with zero attached hydrogens (tertiary/aromatic N) is 4. The van der Waals surface area contributed by atoms with Crippen LogP contribution in [0.5, 0.6) is 0 Å². The SMILES string of the molecule is Cn1nc(-c2cnc3[nH]cc(C(=O)NC(C)(C)C(F)(F)F)c3n2)c2ccc(CI)cc21. The molecule has 0 unspecified atom stereocenters. The normalized spacial score (nSPS) is 12.6. The first-order valence-corrected chi connectivity index (χ1v) is 10.8. The third-order valence-corrected chi connectivity index (χ3v) is 5.95. The van der Waals surface area contributed by atoms with Gasteiger partial charge in [-0.3, -0.25) is 9.48 Å². The summed E-state index contributed by atoms with van der Waals surface area (Å²) in [5.41, 5.74) is 1.13. The minimum Gasteiger partial charge on any atom is -0.344 e. The fraction of sp³-hybridized carbons (Fsp3) is 0.300. The molecule has 0 bridgehead atoms. The van der Waals surface area contributed by atoms with Crippen LogP contribution in [0.25, 0.3) is 33.5 Å².